The first-order chi connectivity index (χ1) is 13.3. The minimum Gasteiger partial charge on any atom is -0.340 e. The number of halogens is 2. The molecule has 0 radical (unpaired) electrons. The fourth-order valence-electron chi connectivity index (χ4n) is 3.28. The predicted molar refractivity (Wildman–Crippen MR) is 111 cm³/mol. The number of carbonyl (C=O) groups excluding carboxylic acids is 1. The van der Waals surface area contributed by atoms with E-state index in [0.717, 1.165) is 5.56 Å². The zero-order valence-electron chi connectivity index (χ0n) is 15.5. The lowest BCUT2D eigenvalue weighted by atomic mass is 9.97. The van der Waals surface area contributed by atoms with Gasteiger partial charge in [-0.1, -0.05) is 60.5 Å². The summed E-state index contributed by atoms with van der Waals surface area (Å²) < 4.78 is 27.1. The molecule has 1 aliphatic rings. The number of hydrogen-bond donors (Lipinski definition) is 0. The Morgan fingerprint density at radius 1 is 1.04 bits per heavy atom. The average Bonchev–Trinajstić information content (AvgIpc) is 2.70. The molecule has 2 aromatic rings. The quantitative estimate of drug-likeness (QED) is 0.705. The van der Waals surface area contributed by atoms with Gasteiger partial charge in [0.05, 0.1) is 5.02 Å². The number of benzene rings is 2. The Labute approximate surface area is 175 Å². The van der Waals surface area contributed by atoms with Crippen molar-refractivity contribution in [1.82, 2.24) is 9.21 Å². The molecule has 2 aromatic carbocycles. The van der Waals surface area contributed by atoms with Crippen molar-refractivity contribution < 1.29 is 13.2 Å². The van der Waals surface area contributed by atoms with Crippen LogP contribution < -0.4 is 0 Å². The van der Waals surface area contributed by atoms with Gasteiger partial charge in [0.2, 0.25) is 15.9 Å². The molecule has 1 fully saturated rings. The van der Waals surface area contributed by atoms with E-state index in [1.54, 1.807) is 11.0 Å². The van der Waals surface area contributed by atoms with Crippen LogP contribution in [-0.4, -0.2) is 49.7 Å². The molecular formula is C20H22Cl2N2O3S. The maximum atomic E-state index is 12.9. The second kappa shape index (κ2) is 8.82. The van der Waals surface area contributed by atoms with Crippen LogP contribution in [0.3, 0.4) is 0 Å². The van der Waals surface area contributed by atoms with Crippen LogP contribution >= 0.6 is 23.2 Å². The summed E-state index contributed by atoms with van der Waals surface area (Å²) in [5, 5.41) is 0.450. The third kappa shape index (κ3) is 4.69. The van der Waals surface area contributed by atoms with Gasteiger partial charge in [0, 0.05) is 37.6 Å². The fraction of sp³-hybridized carbons (Fsp3) is 0.350. The van der Waals surface area contributed by atoms with Crippen molar-refractivity contribution in [3.63, 3.8) is 0 Å². The first kappa shape index (κ1) is 21.1. The van der Waals surface area contributed by atoms with Crippen molar-refractivity contribution in [1.29, 1.82) is 0 Å². The lowest BCUT2D eigenvalue weighted by Gasteiger charge is -2.34. The molecule has 1 heterocycles. The van der Waals surface area contributed by atoms with Gasteiger partial charge in [-0.05, 0) is 29.7 Å². The van der Waals surface area contributed by atoms with E-state index >= 15 is 0 Å². The van der Waals surface area contributed by atoms with Crippen LogP contribution in [0.2, 0.25) is 10.0 Å². The van der Waals surface area contributed by atoms with Crippen LogP contribution in [0.1, 0.15) is 24.8 Å². The summed E-state index contributed by atoms with van der Waals surface area (Å²) >= 11 is 12.0. The van der Waals surface area contributed by atoms with Gasteiger partial charge in [-0.3, -0.25) is 4.79 Å². The van der Waals surface area contributed by atoms with E-state index in [0.29, 0.717) is 24.5 Å². The van der Waals surface area contributed by atoms with Gasteiger partial charge < -0.3 is 4.90 Å². The smallest absolute Gasteiger partial charge is 0.244 e. The van der Waals surface area contributed by atoms with Gasteiger partial charge in [-0.15, -0.1) is 0 Å². The van der Waals surface area contributed by atoms with Crippen molar-refractivity contribution in [3.05, 3.63) is 64.1 Å². The fourth-order valence-corrected chi connectivity index (χ4v) is 5.44. The monoisotopic (exact) mass is 440 g/mol. The number of rotatable bonds is 5. The maximum absolute atomic E-state index is 12.9. The zero-order valence-corrected chi connectivity index (χ0v) is 17.8. The van der Waals surface area contributed by atoms with Crippen molar-refractivity contribution >= 4 is 39.1 Å². The molecule has 28 heavy (non-hydrogen) atoms. The van der Waals surface area contributed by atoms with E-state index in [2.05, 4.69) is 0 Å². The molecule has 0 N–H and O–H groups in total. The minimum absolute atomic E-state index is 0.000793. The molecule has 1 saturated heterocycles. The second-order valence-electron chi connectivity index (χ2n) is 6.88. The largest absolute Gasteiger partial charge is 0.340 e. The molecule has 0 aromatic heterocycles. The molecule has 1 atom stereocenters. The van der Waals surface area contributed by atoms with Crippen molar-refractivity contribution in [2.75, 3.05) is 26.2 Å². The average molecular weight is 441 g/mol. The van der Waals surface area contributed by atoms with Crippen LogP contribution in [0.25, 0.3) is 0 Å². The van der Waals surface area contributed by atoms with Crippen LogP contribution in [0, 0.1) is 0 Å². The molecule has 0 bridgehead atoms. The molecule has 8 heteroatoms. The Hall–Kier alpha value is -1.60. The molecule has 1 unspecified atom stereocenters. The lowest BCUT2D eigenvalue weighted by molar-refractivity contribution is -0.132. The summed E-state index contributed by atoms with van der Waals surface area (Å²) in [6.07, 6.45) is 0.400. The Kier molecular flexibility index (Phi) is 6.65. The molecular weight excluding hydrogens is 419 g/mol. The highest BCUT2D eigenvalue weighted by Gasteiger charge is 2.32. The maximum Gasteiger partial charge on any atom is 0.244 e. The van der Waals surface area contributed by atoms with Crippen LogP contribution in [0.4, 0.5) is 0 Å². The number of sulfonamides is 1. The molecule has 150 valence electrons. The van der Waals surface area contributed by atoms with E-state index in [1.807, 2.05) is 37.3 Å². The molecule has 3 rings (SSSR count). The summed E-state index contributed by atoms with van der Waals surface area (Å²) in [6.45, 7) is 3.21. The molecule has 5 nitrogen and oxygen atoms in total. The molecule has 1 aliphatic heterocycles. The van der Waals surface area contributed by atoms with Gasteiger partial charge in [0.25, 0.3) is 0 Å². The molecule has 1 amide bonds. The third-order valence-electron chi connectivity index (χ3n) is 4.95. The highest BCUT2D eigenvalue weighted by molar-refractivity contribution is 7.89. The molecule has 0 aliphatic carbocycles. The summed E-state index contributed by atoms with van der Waals surface area (Å²) in [4.78, 5) is 14.4. The Morgan fingerprint density at radius 2 is 1.68 bits per heavy atom. The number of nitrogens with zero attached hydrogens (tertiary/aromatic N) is 2. The Bertz CT molecular complexity index is 943. The minimum atomic E-state index is -3.75. The Morgan fingerprint density at radius 3 is 2.32 bits per heavy atom. The number of carbonyl (C=O) groups is 1. The zero-order chi connectivity index (χ0) is 20.3. The number of amides is 1. The summed E-state index contributed by atoms with van der Waals surface area (Å²) in [7, 11) is -3.75. The van der Waals surface area contributed by atoms with Crippen molar-refractivity contribution in [3.8, 4) is 0 Å². The molecule has 0 saturated carbocycles. The van der Waals surface area contributed by atoms with E-state index < -0.39 is 10.0 Å². The van der Waals surface area contributed by atoms with E-state index in [9.17, 15) is 13.2 Å². The first-order valence-corrected chi connectivity index (χ1v) is 11.3. The normalized spacial score (nSPS) is 16.8. The SMILES string of the molecule is CC(CC(=O)N1CCN(S(=O)(=O)c2cc(Cl)ccc2Cl)CC1)c1ccccc1. The van der Waals surface area contributed by atoms with Crippen LogP contribution in [-0.2, 0) is 14.8 Å². The predicted octanol–water partition coefficient (Wildman–Crippen LogP) is 4.02. The number of hydrogen-bond acceptors (Lipinski definition) is 3. The lowest BCUT2D eigenvalue weighted by Crippen LogP contribution is -2.50. The Balaban J connectivity index is 1.62. The van der Waals surface area contributed by atoms with E-state index in [4.69, 9.17) is 23.2 Å². The second-order valence-corrected chi connectivity index (χ2v) is 9.63. The number of piperazine rings is 1. The third-order valence-corrected chi connectivity index (χ3v) is 7.57. The van der Waals surface area contributed by atoms with E-state index in [-0.39, 0.29) is 34.8 Å². The summed E-state index contributed by atoms with van der Waals surface area (Å²) in [5.74, 6) is 0.148. The van der Waals surface area contributed by atoms with Crippen molar-refractivity contribution in [2.24, 2.45) is 0 Å². The highest BCUT2D eigenvalue weighted by Crippen LogP contribution is 2.28. The van der Waals surface area contributed by atoms with Crippen LogP contribution in [0.5, 0.6) is 0 Å². The van der Waals surface area contributed by atoms with Crippen molar-refractivity contribution in [2.45, 2.75) is 24.2 Å². The van der Waals surface area contributed by atoms with Gasteiger partial charge in [-0.2, -0.15) is 4.31 Å². The topological polar surface area (TPSA) is 57.7 Å². The molecule has 0 spiro atoms. The van der Waals surface area contributed by atoms with Gasteiger partial charge in [0.15, 0.2) is 0 Å². The first-order valence-electron chi connectivity index (χ1n) is 9.07. The van der Waals surface area contributed by atoms with E-state index in [1.165, 1.54) is 16.4 Å². The summed E-state index contributed by atoms with van der Waals surface area (Å²) in [6, 6.07) is 14.3. The summed E-state index contributed by atoms with van der Waals surface area (Å²) in [5.41, 5.74) is 1.12. The van der Waals surface area contributed by atoms with Gasteiger partial charge >= 0.3 is 0 Å². The van der Waals surface area contributed by atoms with Gasteiger partial charge in [0.1, 0.15) is 4.90 Å². The van der Waals surface area contributed by atoms with Crippen LogP contribution in [0.15, 0.2) is 53.4 Å². The highest BCUT2D eigenvalue weighted by atomic mass is 35.5. The van der Waals surface area contributed by atoms with Gasteiger partial charge in [-0.25, -0.2) is 8.42 Å². The standard InChI is InChI=1S/C20H22Cl2N2O3S/c1-15(16-5-3-2-4-6-16)13-20(25)23-9-11-24(12-10-23)28(26,27)19-14-17(21)7-8-18(19)22/h2-8,14-15H,9-13H2,1H3.